The number of rotatable bonds is 5. The number of ether oxygens (including phenoxy) is 3. The Kier molecular flexibility index (Phi) is 6.42. The van der Waals surface area contributed by atoms with E-state index in [1.807, 2.05) is 42.5 Å². The first kappa shape index (κ1) is 24.2. The van der Waals surface area contributed by atoms with E-state index in [0.717, 1.165) is 5.56 Å². The van der Waals surface area contributed by atoms with Gasteiger partial charge in [-0.2, -0.15) is 5.26 Å². The van der Waals surface area contributed by atoms with E-state index in [-0.39, 0.29) is 22.5 Å². The molecule has 1 amide bonds. The molecule has 3 atom stereocenters. The SMILES string of the molecule is COc1ccc(N2C(=O)C3C(c4ccccc4)C(C#N)=C(N)OC3N(c3ccc(OC)cc3)C2=S)cc1. The van der Waals surface area contributed by atoms with Crippen LogP contribution in [0.5, 0.6) is 11.5 Å². The molecule has 1 fully saturated rings. The summed E-state index contributed by atoms with van der Waals surface area (Å²) in [5, 5.41) is 10.3. The van der Waals surface area contributed by atoms with Crippen molar-refractivity contribution in [3.8, 4) is 17.6 Å². The average Bonchev–Trinajstić information content (AvgIpc) is 2.93. The monoisotopic (exact) mass is 512 g/mol. The van der Waals surface area contributed by atoms with Crippen molar-refractivity contribution in [3.05, 3.63) is 95.9 Å². The zero-order valence-corrected chi connectivity index (χ0v) is 21.0. The Morgan fingerprint density at radius 2 is 1.49 bits per heavy atom. The summed E-state index contributed by atoms with van der Waals surface area (Å²) in [4.78, 5) is 17.5. The van der Waals surface area contributed by atoms with E-state index in [9.17, 15) is 10.1 Å². The summed E-state index contributed by atoms with van der Waals surface area (Å²) in [6, 6.07) is 25.9. The Morgan fingerprint density at radius 3 is 2.03 bits per heavy atom. The molecular formula is C28H24N4O4S. The number of benzene rings is 3. The molecule has 0 aliphatic carbocycles. The number of nitriles is 1. The fraction of sp³-hybridized carbons (Fsp3) is 0.179. The van der Waals surface area contributed by atoms with Crippen LogP contribution in [0.2, 0.25) is 0 Å². The number of nitrogens with zero attached hydrogens (tertiary/aromatic N) is 3. The number of hydrogen-bond acceptors (Lipinski definition) is 7. The molecule has 186 valence electrons. The minimum Gasteiger partial charge on any atom is -0.497 e. The molecule has 1 saturated heterocycles. The van der Waals surface area contributed by atoms with E-state index in [0.29, 0.717) is 22.9 Å². The molecule has 0 bridgehead atoms. The van der Waals surface area contributed by atoms with Gasteiger partial charge in [-0.15, -0.1) is 0 Å². The highest BCUT2D eigenvalue weighted by Gasteiger charge is 2.54. The predicted molar refractivity (Wildman–Crippen MR) is 143 cm³/mol. The number of nitrogens with two attached hydrogens (primary N) is 1. The second-order valence-corrected chi connectivity index (χ2v) is 8.90. The first-order valence-corrected chi connectivity index (χ1v) is 12.0. The molecule has 5 rings (SSSR count). The quantitative estimate of drug-likeness (QED) is 0.505. The lowest BCUT2D eigenvalue weighted by atomic mass is 9.76. The maximum Gasteiger partial charge on any atom is 0.243 e. The number of carbonyl (C=O) groups is 1. The molecule has 0 radical (unpaired) electrons. The topological polar surface area (TPSA) is 101 Å². The molecule has 2 N–H and O–H groups in total. The molecule has 3 aromatic rings. The molecule has 0 aromatic heterocycles. The van der Waals surface area contributed by atoms with Gasteiger partial charge in [-0.05, 0) is 66.3 Å². The van der Waals surface area contributed by atoms with Gasteiger partial charge in [0, 0.05) is 11.6 Å². The number of methoxy groups -OCH3 is 2. The van der Waals surface area contributed by atoms with Gasteiger partial charge in [-0.1, -0.05) is 30.3 Å². The maximum absolute atomic E-state index is 14.3. The number of anilines is 2. The Morgan fingerprint density at radius 1 is 0.919 bits per heavy atom. The van der Waals surface area contributed by atoms with E-state index >= 15 is 0 Å². The van der Waals surface area contributed by atoms with Crippen molar-refractivity contribution in [1.82, 2.24) is 0 Å². The van der Waals surface area contributed by atoms with Crippen LogP contribution >= 0.6 is 12.2 Å². The summed E-state index contributed by atoms with van der Waals surface area (Å²) < 4.78 is 16.7. The highest BCUT2D eigenvalue weighted by molar-refractivity contribution is 7.81. The highest BCUT2D eigenvalue weighted by atomic mass is 32.1. The van der Waals surface area contributed by atoms with E-state index in [1.54, 1.807) is 55.5 Å². The van der Waals surface area contributed by atoms with E-state index in [1.165, 1.54) is 4.90 Å². The van der Waals surface area contributed by atoms with Gasteiger partial charge in [0.2, 0.25) is 11.8 Å². The highest BCUT2D eigenvalue weighted by Crippen LogP contribution is 2.46. The summed E-state index contributed by atoms with van der Waals surface area (Å²) in [6.45, 7) is 0. The lowest BCUT2D eigenvalue weighted by Crippen LogP contribution is -2.65. The molecule has 2 heterocycles. The van der Waals surface area contributed by atoms with Crippen LogP contribution in [0.25, 0.3) is 0 Å². The van der Waals surface area contributed by atoms with Gasteiger partial charge in [-0.25, -0.2) is 0 Å². The summed E-state index contributed by atoms with van der Waals surface area (Å²) in [7, 11) is 3.16. The second-order valence-electron chi connectivity index (χ2n) is 8.53. The van der Waals surface area contributed by atoms with Crippen molar-refractivity contribution in [3.63, 3.8) is 0 Å². The van der Waals surface area contributed by atoms with E-state index < -0.39 is 18.1 Å². The first-order valence-electron chi connectivity index (χ1n) is 11.5. The largest absolute Gasteiger partial charge is 0.497 e. The van der Waals surface area contributed by atoms with Crippen LogP contribution in [0, 0.1) is 17.2 Å². The number of thiocarbonyl (C=S) groups is 1. The molecule has 9 heteroatoms. The third-order valence-electron chi connectivity index (χ3n) is 6.61. The van der Waals surface area contributed by atoms with Crippen LogP contribution in [0.4, 0.5) is 11.4 Å². The molecule has 3 aromatic carbocycles. The number of carbonyl (C=O) groups excluding carboxylic acids is 1. The number of amides is 1. The predicted octanol–water partition coefficient (Wildman–Crippen LogP) is 4.29. The molecule has 8 nitrogen and oxygen atoms in total. The first-order chi connectivity index (χ1) is 18.0. The Hall–Kier alpha value is -4.55. The Labute approximate surface area is 220 Å². The minimum absolute atomic E-state index is 0.0235. The van der Waals surface area contributed by atoms with Crippen molar-refractivity contribution in [2.24, 2.45) is 11.7 Å². The van der Waals surface area contributed by atoms with Crippen LogP contribution in [0.3, 0.4) is 0 Å². The molecule has 0 saturated carbocycles. The standard InChI is InChI=1S/C28H24N4O4S/c1-34-20-12-8-18(9-13-20)31-26(33)24-23(17-6-4-3-5-7-17)22(16-29)25(30)36-27(24)32(28(31)37)19-10-14-21(35-2)15-11-19/h3-15,23-24,27H,30H2,1-2H3. The van der Waals surface area contributed by atoms with Crippen LogP contribution < -0.4 is 25.0 Å². The van der Waals surface area contributed by atoms with Crippen LogP contribution in [-0.4, -0.2) is 31.5 Å². The summed E-state index contributed by atoms with van der Waals surface area (Å²) >= 11 is 5.90. The zero-order valence-electron chi connectivity index (χ0n) is 20.2. The molecule has 37 heavy (non-hydrogen) atoms. The van der Waals surface area contributed by atoms with Gasteiger partial charge in [0.05, 0.1) is 25.5 Å². The molecule has 3 unspecified atom stereocenters. The maximum atomic E-state index is 14.3. The Balaban J connectivity index is 1.70. The number of fused-ring (bicyclic) bond motifs is 1. The Bertz CT molecular complexity index is 1400. The normalized spacial score (nSPS) is 21.2. The third-order valence-corrected chi connectivity index (χ3v) is 6.99. The molecule has 2 aliphatic heterocycles. The van der Waals surface area contributed by atoms with Gasteiger partial charge in [-0.3, -0.25) is 14.6 Å². The average molecular weight is 513 g/mol. The summed E-state index contributed by atoms with van der Waals surface area (Å²) in [5.41, 5.74) is 8.53. The van der Waals surface area contributed by atoms with Crippen molar-refractivity contribution in [1.29, 1.82) is 5.26 Å². The lowest BCUT2D eigenvalue weighted by Gasteiger charge is -2.50. The van der Waals surface area contributed by atoms with Crippen LogP contribution in [0.15, 0.2) is 90.3 Å². The van der Waals surface area contributed by atoms with Gasteiger partial charge in [0.25, 0.3) is 0 Å². The molecular weight excluding hydrogens is 488 g/mol. The van der Waals surface area contributed by atoms with E-state index in [4.69, 9.17) is 32.2 Å². The summed E-state index contributed by atoms with van der Waals surface area (Å²) in [6.07, 6.45) is -0.870. The van der Waals surface area contributed by atoms with Crippen LogP contribution in [0.1, 0.15) is 11.5 Å². The van der Waals surface area contributed by atoms with Crippen molar-refractivity contribution in [2.75, 3.05) is 24.0 Å². The molecule has 0 spiro atoms. The van der Waals surface area contributed by atoms with Crippen LogP contribution in [-0.2, 0) is 9.53 Å². The van der Waals surface area contributed by atoms with Crippen molar-refractivity contribution < 1.29 is 19.0 Å². The van der Waals surface area contributed by atoms with Gasteiger partial charge in [0.15, 0.2) is 11.3 Å². The number of allylic oxidation sites excluding steroid dienone is 1. The number of hydrogen-bond donors (Lipinski definition) is 1. The fourth-order valence-corrected chi connectivity index (χ4v) is 5.23. The van der Waals surface area contributed by atoms with Gasteiger partial charge < -0.3 is 19.9 Å². The second kappa shape index (κ2) is 9.84. The summed E-state index contributed by atoms with van der Waals surface area (Å²) in [5.74, 6) is -0.454. The van der Waals surface area contributed by atoms with Crippen molar-refractivity contribution in [2.45, 2.75) is 12.1 Å². The fourth-order valence-electron chi connectivity index (χ4n) is 4.83. The van der Waals surface area contributed by atoms with Gasteiger partial charge in [0.1, 0.15) is 23.5 Å². The van der Waals surface area contributed by atoms with Crippen molar-refractivity contribution >= 4 is 34.6 Å². The molecule has 2 aliphatic rings. The van der Waals surface area contributed by atoms with E-state index in [2.05, 4.69) is 6.07 Å². The lowest BCUT2D eigenvalue weighted by molar-refractivity contribution is -0.128. The third kappa shape index (κ3) is 4.11. The zero-order chi connectivity index (χ0) is 26.1. The minimum atomic E-state index is -0.870. The van der Waals surface area contributed by atoms with Gasteiger partial charge >= 0.3 is 0 Å². The smallest absolute Gasteiger partial charge is 0.243 e.